The highest BCUT2D eigenvalue weighted by atomic mass is 32.2. The van der Waals surface area contributed by atoms with Crippen LogP contribution in [-0.4, -0.2) is 49.9 Å². The summed E-state index contributed by atoms with van der Waals surface area (Å²) >= 11 is 0. The number of carbonyl (C=O) groups excluding carboxylic acids is 1. The normalized spacial score (nSPS) is 20.2. The molecule has 0 saturated carbocycles. The van der Waals surface area contributed by atoms with E-state index in [1.165, 1.54) is 31.7 Å². The van der Waals surface area contributed by atoms with Gasteiger partial charge in [0.05, 0.1) is 29.7 Å². The molecular formula is C26H28FN5O4S. The van der Waals surface area contributed by atoms with Crippen LogP contribution in [0.25, 0.3) is 5.57 Å². The first-order valence-corrected chi connectivity index (χ1v) is 13.4. The van der Waals surface area contributed by atoms with Gasteiger partial charge in [-0.25, -0.2) is 22.8 Å². The molecule has 0 amide bonds. The predicted molar refractivity (Wildman–Crippen MR) is 141 cm³/mol. The van der Waals surface area contributed by atoms with Crippen LogP contribution in [0.4, 0.5) is 10.1 Å². The standard InChI is InChI=1S/C26H28FN5O4S/c1-5-16(6-2)14-37(34,35)32-22-8-7-21(27)23(15(22)3)24(33)20-13-29-25-19(20)9-17(10-28-25)18-11-30-26(36-4)31-12-18/h7-14,19-20,25,32H,5-6H2,1-4H3. The van der Waals surface area contributed by atoms with Crippen LogP contribution in [-0.2, 0) is 10.0 Å². The fourth-order valence-electron chi connectivity index (χ4n) is 4.36. The van der Waals surface area contributed by atoms with Crippen molar-refractivity contribution in [1.29, 1.82) is 0 Å². The number of allylic oxidation sites excluding steroid dienone is 2. The summed E-state index contributed by atoms with van der Waals surface area (Å²) in [7, 11) is -2.37. The number of rotatable bonds is 9. The lowest BCUT2D eigenvalue weighted by Crippen LogP contribution is -2.28. The van der Waals surface area contributed by atoms with Crippen molar-refractivity contribution in [2.45, 2.75) is 39.8 Å². The number of anilines is 1. The maximum Gasteiger partial charge on any atom is 0.316 e. The van der Waals surface area contributed by atoms with Gasteiger partial charge < -0.3 is 4.74 Å². The summed E-state index contributed by atoms with van der Waals surface area (Å²) in [6.07, 6.45) is 8.86. The van der Waals surface area contributed by atoms with Crippen molar-refractivity contribution in [1.82, 2.24) is 9.97 Å². The number of aromatic nitrogens is 2. The van der Waals surface area contributed by atoms with Crippen molar-refractivity contribution < 1.29 is 22.3 Å². The molecule has 1 aromatic carbocycles. The van der Waals surface area contributed by atoms with Crippen LogP contribution in [0.1, 0.15) is 48.2 Å². The molecule has 4 rings (SSSR count). The number of sulfonamides is 1. The molecule has 0 bridgehead atoms. The van der Waals surface area contributed by atoms with Crippen molar-refractivity contribution in [3.63, 3.8) is 0 Å². The monoisotopic (exact) mass is 525 g/mol. The number of nitrogens with one attached hydrogen (secondary N) is 1. The van der Waals surface area contributed by atoms with Crippen molar-refractivity contribution in [2.24, 2.45) is 21.8 Å². The lowest BCUT2D eigenvalue weighted by Gasteiger charge is -2.23. The van der Waals surface area contributed by atoms with Crippen LogP contribution in [0.2, 0.25) is 0 Å². The van der Waals surface area contributed by atoms with Gasteiger partial charge in [0.25, 0.3) is 10.0 Å². The fraction of sp³-hybridized carbons (Fsp3) is 0.346. The largest absolute Gasteiger partial charge is 0.467 e. The topological polar surface area (TPSA) is 123 Å². The minimum Gasteiger partial charge on any atom is -0.467 e. The van der Waals surface area contributed by atoms with E-state index in [0.717, 1.165) is 11.6 Å². The first kappa shape index (κ1) is 26.3. The number of hydrogen-bond donors (Lipinski definition) is 1. The van der Waals surface area contributed by atoms with E-state index in [1.807, 2.05) is 19.9 Å². The molecule has 3 unspecified atom stereocenters. The number of halogens is 1. The maximum atomic E-state index is 15.0. The van der Waals surface area contributed by atoms with Gasteiger partial charge in [-0.2, -0.15) is 0 Å². The molecule has 0 saturated heterocycles. The van der Waals surface area contributed by atoms with Gasteiger partial charge in [-0.15, -0.1) is 0 Å². The number of methoxy groups -OCH3 is 1. The summed E-state index contributed by atoms with van der Waals surface area (Å²) in [5, 5.41) is 1.18. The average Bonchev–Trinajstić information content (AvgIpc) is 3.32. The third-order valence-corrected chi connectivity index (χ3v) is 7.63. The Labute approximate surface area is 215 Å². The average molecular weight is 526 g/mol. The zero-order valence-electron chi connectivity index (χ0n) is 21.0. The molecule has 9 nitrogen and oxygen atoms in total. The van der Waals surface area contributed by atoms with E-state index < -0.39 is 39.6 Å². The summed E-state index contributed by atoms with van der Waals surface area (Å²) in [6.45, 7) is 5.27. The Morgan fingerprint density at radius 3 is 2.51 bits per heavy atom. The van der Waals surface area contributed by atoms with Gasteiger partial charge in [-0.3, -0.25) is 19.5 Å². The summed E-state index contributed by atoms with van der Waals surface area (Å²) in [5.41, 5.74) is 2.32. The van der Waals surface area contributed by atoms with Gasteiger partial charge in [0.2, 0.25) is 0 Å². The second-order valence-corrected chi connectivity index (χ2v) is 10.3. The lowest BCUT2D eigenvalue weighted by atomic mass is 9.82. The molecule has 2 aromatic rings. The molecule has 0 fully saturated rings. The SMILES string of the molecule is CCC(=CS(=O)(=O)Nc1ccc(F)c(C(=O)C2C=NC3N=CC(c4cnc(OC)nc4)=CC32)c1C)CC. The van der Waals surface area contributed by atoms with Crippen LogP contribution in [0.5, 0.6) is 6.01 Å². The minimum atomic E-state index is -3.84. The van der Waals surface area contributed by atoms with Crippen LogP contribution >= 0.6 is 0 Å². The Hall–Kier alpha value is -3.73. The maximum absolute atomic E-state index is 15.0. The first-order chi connectivity index (χ1) is 17.7. The molecule has 194 valence electrons. The van der Waals surface area contributed by atoms with Gasteiger partial charge in [0.15, 0.2) is 5.78 Å². The van der Waals surface area contributed by atoms with E-state index in [2.05, 4.69) is 24.7 Å². The van der Waals surface area contributed by atoms with Gasteiger partial charge in [0, 0.05) is 36.3 Å². The number of aliphatic imine (C=N–C) groups is 2. The molecule has 2 aliphatic heterocycles. The third-order valence-electron chi connectivity index (χ3n) is 6.49. The van der Waals surface area contributed by atoms with E-state index in [0.29, 0.717) is 24.0 Å². The molecule has 1 N–H and O–H groups in total. The second kappa shape index (κ2) is 10.7. The highest BCUT2D eigenvalue weighted by molar-refractivity contribution is 7.95. The van der Waals surface area contributed by atoms with Crippen molar-refractivity contribution in [2.75, 3.05) is 11.8 Å². The van der Waals surface area contributed by atoms with Crippen molar-refractivity contribution in [3.05, 3.63) is 64.1 Å². The molecule has 37 heavy (non-hydrogen) atoms. The van der Waals surface area contributed by atoms with Crippen LogP contribution in [0, 0.1) is 24.6 Å². The Morgan fingerprint density at radius 1 is 1.16 bits per heavy atom. The predicted octanol–water partition coefficient (Wildman–Crippen LogP) is 4.37. The third kappa shape index (κ3) is 5.51. The Balaban J connectivity index is 1.63. The molecule has 0 aliphatic carbocycles. The number of carbonyl (C=O) groups is 1. The molecule has 3 heterocycles. The molecule has 1 aromatic heterocycles. The van der Waals surface area contributed by atoms with Gasteiger partial charge in [0.1, 0.15) is 12.0 Å². The Morgan fingerprint density at radius 2 is 1.86 bits per heavy atom. The summed E-state index contributed by atoms with van der Waals surface area (Å²) in [6, 6.07) is 2.65. The highest BCUT2D eigenvalue weighted by Gasteiger charge is 2.39. The smallest absolute Gasteiger partial charge is 0.316 e. The van der Waals surface area contributed by atoms with E-state index in [9.17, 15) is 17.6 Å². The number of ether oxygens (including phenoxy) is 1. The van der Waals surface area contributed by atoms with Gasteiger partial charge in [-0.05, 0) is 43.0 Å². The number of hydrogen-bond acceptors (Lipinski definition) is 8. The molecular weight excluding hydrogens is 497 g/mol. The first-order valence-electron chi connectivity index (χ1n) is 11.9. The van der Waals surface area contributed by atoms with Crippen LogP contribution in [0.15, 0.2) is 51.6 Å². The van der Waals surface area contributed by atoms with E-state index in [4.69, 9.17) is 4.74 Å². The Bertz CT molecular complexity index is 1430. The minimum absolute atomic E-state index is 0.146. The number of Topliss-reactive ketones (excluding diaryl/α,β-unsaturated/α-hetero) is 1. The van der Waals surface area contributed by atoms with Crippen LogP contribution < -0.4 is 9.46 Å². The summed E-state index contributed by atoms with van der Waals surface area (Å²) in [5.74, 6) is -2.44. The van der Waals surface area contributed by atoms with Crippen molar-refractivity contribution in [3.8, 4) is 6.01 Å². The molecule has 11 heteroatoms. The number of dihydropyridines is 1. The molecule has 3 atom stereocenters. The number of benzene rings is 1. The van der Waals surface area contributed by atoms with Crippen molar-refractivity contribution >= 4 is 39.5 Å². The van der Waals surface area contributed by atoms with E-state index in [1.54, 1.807) is 18.6 Å². The fourth-order valence-corrected chi connectivity index (χ4v) is 5.72. The van der Waals surface area contributed by atoms with E-state index >= 15 is 0 Å². The Kier molecular flexibility index (Phi) is 7.63. The molecule has 2 aliphatic rings. The highest BCUT2D eigenvalue weighted by Crippen LogP contribution is 2.36. The van der Waals surface area contributed by atoms with Gasteiger partial charge in [-0.1, -0.05) is 25.5 Å². The number of ketones is 1. The molecule has 0 spiro atoms. The zero-order valence-corrected chi connectivity index (χ0v) is 21.8. The quantitative estimate of drug-likeness (QED) is 0.485. The number of nitrogens with zero attached hydrogens (tertiary/aromatic N) is 4. The summed E-state index contributed by atoms with van der Waals surface area (Å²) < 4.78 is 47.8. The zero-order chi connectivity index (χ0) is 26.7. The van der Waals surface area contributed by atoms with E-state index in [-0.39, 0.29) is 22.8 Å². The lowest BCUT2D eigenvalue weighted by molar-refractivity contribution is 0.0932. The summed E-state index contributed by atoms with van der Waals surface area (Å²) in [4.78, 5) is 30.6. The second-order valence-electron chi connectivity index (χ2n) is 8.76. The van der Waals surface area contributed by atoms with Crippen LogP contribution in [0.3, 0.4) is 0 Å². The number of fused-ring (bicyclic) bond motifs is 1. The van der Waals surface area contributed by atoms with Gasteiger partial charge >= 0.3 is 6.01 Å². The molecule has 0 radical (unpaired) electrons.